The Hall–Kier alpha value is -0.120. The van der Waals surface area contributed by atoms with Crippen LogP contribution in [0.25, 0.3) is 0 Å². The summed E-state index contributed by atoms with van der Waals surface area (Å²) >= 11 is 0. The molecule has 3 heteroatoms. The first-order valence-corrected chi connectivity index (χ1v) is 6.15. The van der Waals surface area contributed by atoms with E-state index in [0.717, 1.165) is 19.7 Å². The van der Waals surface area contributed by atoms with E-state index in [2.05, 4.69) is 31.1 Å². The standard InChI is InChI=1S/C12H28N2O/c1-5-7-9-14(3)10-12(11-15-4)13-8-6-2/h12-13H,5-11H2,1-4H3. The van der Waals surface area contributed by atoms with Crippen molar-refractivity contribution in [3.05, 3.63) is 0 Å². The Bertz CT molecular complexity index is 131. The fourth-order valence-electron chi connectivity index (χ4n) is 1.62. The summed E-state index contributed by atoms with van der Waals surface area (Å²) in [4.78, 5) is 2.38. The average molecular weight is 216 g/mol. The van der Waals surface area contributed by atoms with Crippen molar-refractivity contribution in [1.29, 1.82) is 0 Å². The van der Waals surface area contributed by atoms with Crippen LogP contribution in [-0.4, -0.2) is 51.3 Å². The molecule has 15 heavy (non-hydrogen) atoms. The third-order valence-corrected chi connectivity index (χ3v) is 2.48. The van der Waals surface area contributed by atoms with E-state index in [0.29, 0.717) is 6.04 Å². The van der Waals surface area contributed by atoms with Crippen molar-refractivity contribution >= 4 is 0 Å². The molecular formula is C12H28N2O. The predicted molar refractivity (Wildman–Crippen MR) is 66.4 cm³/mol. The van der Waals surface area contributed by atoms with Crippen molar-refractivity contribution in [2.24, 2.45) is 0 Å². The highest BCUT2D eigenvalue weighted by molar-refractivity contribution is 4.69. The molecule has 0 rings (SSSR count). The summed E-state index contributed by atoms with van der Waals surface area (Å²) in [6.07, 6.45) is 3.73. The van der Waals surface area contributed by atoms with Gasteiger partial charge in [-0.25, -0.2) is 0 Å². The zero-order valence-electron chi connectivity index (χ0n) is 10.9. The lowest BCUT2D eigenvalue weighted by molar-refractivity contribution is 0.145. The Labute approximate surface area is 95.2 Å². The summed E-state index contributed by atoms with van der Waals surface area (Å²) in [5.41, 5.74) is 0. The molecule has 0 aliphatic heterocycles. The molecule has 1 atom stereocenters. The number of unbranched alkanes of at least 4 members (excludes halogenated alkanes) is 1. The molecule has 0 saturated carbocycles. The maximum Gasteiger partial charge on any atom is 0.0628 e. The highest BCUT2D eigenvalue weighted by atomic mass is 16.5. The van der Waals surface area contributed by atoms with Gasteiger partial charge < -0.3 is 15.0 Å². The molecule has 0 heterocycles. The van der Waals surface area contributed by atoms with Gasteiger partial charge in [0.15, 0.2) is 0 Å². The van der Waals surface area contributed by atoms with Gasteiger partial charge in [0.25, 0.3) is 0 Å². The number of nitrogens with zero attached hydrogens (tertiary/aromatic N) is 1. The fourth-order valence-corrected chi connectivity index (χ4v) is 1.62. The molecule has 0 spiro atoms. The lowest BCUT2D eigenvalue weighted by Gasteiger charge is -2.24. The molecule has 0 radical (unpaired) electrons. The molecule has 3 nitrogen and oxygen atoms in total. The highest BCUT2D eigenvalue weighted by Crippen LogP contribution is 1.95. The molecule has 0 aromatic heterocycles. The van der Waals surface area contributed by atoms with Crippen LogP contribution in [0.5, 0.6) is 0 Å². The van der Waals surface area contributed by atoms with Crippen LogP contribution in [0.2, 0.25) is 0 Å². The number of ether oxygens (including phenoxy) is 1. The second-order valence-electron chi connectivity index (χ2n) is 4.22. The van der Waals surface area contributed by atoms with Crippen LogP contribution < -0.4 is 5.32 Å². The highest BCUT2D eigenvalue weighted by Gasteiger charge is 2.09. The summed E-state index contributed by atoms with van der Waals surface area (Å²) in [7, 11) is 3.96. The van der Waals surface area contributed by atoms with Crippen molar-refractivity contribution in [2.45, 2.75) is 39.2 Å². The van der Waals surface area contributed by atoms with Gasteiger partial charge in [-0.1, -0.05) is 20.3 Å². The first kappa shape index (κ1) is 14.9. The number of hydrogen-bond acceptors (Lipinski definition) is 3. The van der Waals surface area contributed by atoms with Crippen molar-refractivity contribution in [2.75, 3.05) is 40.4 Å². The third-order valence-electron chi connectivity index (χ3n) is 2.48. The van der Waals surface area contributed by atoms with Gasteiger partial charge in [0.1, 0.15) is 0 Å². The van der Waals surface area contributed by atoms with Crippen LogP contribution in [0, 0.1) is 0 Å². The summed E-state index contributed by atoms with van der Waals surface area (Å²) in [6.45, 7) is 8.57. The van der Waals surface area contributed by atoms with Crippen molar-refractivity contribution in [3.8, 4) is 0 Å². The van der Waals surface area contributed by atoms with E-state index < -0.39 is 0 Å². The first-order chi connectivity index (χ1) is 7.24. The van der Waals surface area contributed by atoms with Crippen molar-refractivity contribution in [1.82, 2.24) is 10.2 Å². The van der Waals surface area contributed by atoms with Crippen molar-refractivity contribution in [3.63, 3.8) is 0 Å². The Morgan fingerprint density at radius 2 is 2.00 bits per heavy atom. The smallest absolute Gasteiger partial charge is 0.0628 e. The van der Waals surface area contributed by atoms with Gasteiger partial charge in [0, 0.05) is 19.7 Å². The summed E-state index contributed by atoms with van der Waals surface area (Å²) in [5, 5.41) is 3.51. The monoisotopic (exact) mass is 216 g/mol. The Morgan fingerprint density at radius 1 is 1.27 bits per heavy atom. The molecule has 1 unspecified atom stereocenters. The van der Waals surface area contributed by atoms with E-state index in [9.17, 15) is 0 Å². The van der Waals surface area contributed by atoms with E-state index >= 15 is 0 Å². The van der Waals surface area contributed by atoms with Gasteiger partial charge >= 0.3 is 0 Å². The van der Waals surface area contributed by atoms with Crippen LogP contribution in [-0.2, 0) is 4.74 Å². The molecular weight excluding hydrogens is 188 g/mol. The van der Waals surface area contributed by atoms with Crippen LogP contribution in [0.4, 0.5) is 0 Å². The number of rotatable bonds is 10. The minimum Gasteiger partial charge on any atom is -0.383 e. The quantitative estimate of drug-likeness (QED) is 0.602. The normalized spacial score (nSPS) is 13.4. The molecule has 0 aliphatic carbocycles. The van der Waals surface area contributed by atoms with Crippen LogP contribution in [0.3, 0.4) is 0 Å². The largest absolute Gasteiger partial charge is 0.383 e. The number of hydrogen-bond donors (Lipinski definition) is 1. The van der Waals surface area contributed by atoms with E-state index in [1.165, 1.54) is 25.8 Å². The SMILES string of the molecule is CCCCN(C)CC(COC)NCCC. The van der Waals surface area contributed by atoms with Gasteiger partial charge in [0.05, 0.1) is 6.61 Å². The second kappa shape index (κ2) is 10.4. The molecule has 0 saturated heterocycles. The molecule has 0 fully saturated rings. The number of likely N-dealkylation sites (N-methyl/N-ethyl adjacent to an activating group) is 1. The zero-order chi connectivity index (χ0) is 11.5. The Balaban J connectivity index is 3.70. The lowest BCUT2D eigenvalue weighted by atomic mass is 10.2. The number of methoxy groups -OCH3 is 1. The van der Waals surface area contributed by atoms with Gasteiger partial charge in [-0.2, -0.15) is 0 Å². The molecule has 0 aromatic carbocycles. The molecule has 0 aromatic rings. The lowest BCUT2D eigenvalue weighted by Crippen LogP contribution is -2.43. The third kappa shape index (κ3) is 8.85. The molecule has 0 amide bonds. The van der Waals surface area contributed by atoms with Crippen LogP contribution in [0.1, 0.15) is 33.1 Å². The molecule has 92 valence electrons. The minimum atomic E-state index is 0.469. The van der Waals surface area contributed by atoms with Gasteiger partial charge in [-0.15, -0.1) is 0 Å². The molecule has 0 aliphatic rings. The molecule has 1 N–H and O–H groups in total. The zero-order valence-corrected chi connectivity index (χ0v) is 10.9. The van der Waals surface area contributed by atoms with Gasteiger partial charge in [0.2, 0.25) is 0 Å². The van der Waals surface area contributed by atoms with Gasteiger partial charge in [-0.3, -0.25) is 0 Å². The predicted octanol–water partition coefficient (Wildman–Crippen LogP) is 1.73. The minimum absolute atomic E-state index is 0.469. The van der Waals surface area contributed by atoms with E-state index in [-0.39, 0.29) is 0 Å². The van der Waals surface area contributed by atoms with E-state index in [4.69, 9.17) is 4.74 Å². The Morgan fingerprint density at radius 3 is 2.53 bits per heavy atom. The summed E-state index contributed by atoms with van der Waals surface area (Å²) in [6, 6.07) is 0.469. The second-order valence-corrected chi connectivity index (χ2v) is 4.22. The summed E-state index contributed by atoms with van der Waals surface area (Å²) < 4.78 is 5.22. The van der Waals surface area contributed by atoms with Crippen LogP contribution in [0.15, 0.2) is 0 Å². The maximum absolute atomic E-state index is 5.22. The van der Waals surface area contributed by atoms with Crippen LogP contribution >= 0.6 is 0 Å². The van der Waals surface area contributed by atoms with Crippen molar-refractivity contribution < 1.29 is 4.74 Å². The number of nitrogens with one attached hydrogen (secondary N) is 1. The maximum atomic E-state index is 5.22. The average Bonchev–Trinajstić information content (AvgIpc) is 2.23. The summed E-state index contributed by atoms with van der Waals surface area (Å²) in [5.74, 6) is 0. The Kier molecular flexibility index (Phi) is 10.3. The first-order valence-electron chi connectivity index (χ1n) is 6.15. The van der Waals surface area contributed by atoms with E-state index in [1.807, 2.05) is 0 Å². The topological polar surface area (TPSA) is 24.5 Å². The fraction of sp³-hybridized carbons (Fsp3) is 1.00. The van der Waals surface area contributed by atoms with E-state index in [1.54, 1.807) is 7.11 Å². The molecule has 0 bridgehead atoms. The van der Waals surface area contributed by atoms with Gasteiger partial charge in [-0.05, 0) is 33.0 Å².